The van der Waals surface area contributed by atoms with E-state index in [4.69, 9.17) is 5.11 Å². The molecule has 1 aromatic heterocycles. The highest BCUT2D eigenvalue weighted by atomic mass is 32.1. The number of hydrogen-bond acceptors (Lipinski definition) is 5. The van der Waals surface area contributed by atoms with Crippen LogP contribution in [0.15, 0.2) is 30.3 Å². The van der Waals surface area contributed by atoms with Crippen molar-refractivity contribution < 1.29 is 9.90 Å². The first-order valence-corrected chi connectivity index (χ1v) is 7.64. The molecule has 1 fully saturated rings. The molecule has 1 aromatic carbocycles. The van der Waals surface area contributed by atoms with Crippen molar-refractivity contribution in [2.45, 2.75) is 18.8 Å². The number of hydrazine groups is 1. The fraction of sp³-hybridized carbons (Fsp3) is 0.357. The zero-order valence-corrected chi connectivity index (χ0v) is 12.2. The van der Waals surface area contributed by atoms with Gasteiger partial charge in [0.05, 0.1) is 0 Å². The molecule has 21 heavy (non-hydrogen) atoms. The molecule has 1 amide bonds. The molecule has 0 bridgehead atoms. The van der Waals surface area contributed by atoms with Crippen LogP contribution in [-0.4, -0.2) is 38.7 Å². The van der Waals surface area contributed by atoms with Gasteiger partial charge in [-0.2, -0.15) is 4.37 Å². The zero-order chi connectivity index (χ0) is 14.7. The van der Waals surface area contributed by atoms with Gasteiger partial charge in [0.15, 0.2) is 5.82 Å². The van der Waals surface area contributed by atoms with Gasteiger partial charge < -0.3 is 5.11 Å². The highest BCUT2D eigenvalue weighted by molar-refractivity contribution is 7.05. The molecule has 3 rings (SSSR count). The van der Waals surface area contributed by atoms with E-state index in [9.17, 15) is 4.79 Å². The topological polar surface area (TPSA) is 78.3 Å². The van der Waals surface area contributed by atoms with Gasteiger partial charge in [-0.25, -0.2) is 20.2 Å². The van der Waals surface area contributed by atoms with E-state index in [1.807, 2.05) is 30.3 Å². The summed E-state index contributed by atoms with van der Waals surface area (Å²) in [5, 5.41) is 11.2. The molecule has 0 radical (unpaired) electrons. The maximum Gasteiger partial charge on any atom is 0.421 e. The predicted molar refractivity (Wildman–Crippen MR) is 80.1 cm³/mol. The summed E-state index contributed by atoms with van der Waals surface area (Å²) in [7, 11) is 0. The number of carboxylic acid groups (broad SMARTS) is 1. The van der Waals surface area contributed by atoms with E-state index in [0.717, 1.165) is 29.2 Å². The second kappa shape index (κ2) is 6.19. The number of aromatic nitrogens is 2. The third kappa shape index (κ3) is 3.20. The molecule has 1 saturated heterocycles. The summed E-state index contributed by atoms with van der Waals surface area (Å²) in [4.78, 5) is 15.6. The Labute approximate surface area is 126 Å². The molecule has 6 nitrogen and oxygen atoms in total. The van der Waals surface area contributed by atoms with Crippen LogP contribution in [0.1, 0.15) is 23.8 Å². The monoisotopic (exact) mass is 304 g/mol. The quantitative estimate of drug-likeness (QED) is 0.891. The molecule has 1 atom stereocenters. The van der Waals surface area contributed by atoms with Crippen LogP contribution in [-0.2, 0) is 0 Å². The summed E-state index contributed by atoms with van der Waals surface area (Å²) < 4.78 is 4.42. The molecule has 1 aliphatic rings. The Hall–Kier alpha value is -1.99. The number of nitrogens with one attached hydrogen (secondary N) is 1. The van der Waals surface area contributed by atoms with E-state index in [0.29, 0.717) is 13.1 Å². The lowest BCUT2D eigenvalue weighted by molar-refractivity contribution is 0.124. The van der Waals surface area contributed by atoms with Gasteiger partial charge in [0.1, 0.15) is 5.01 Å². The minimum atomic E-state index is -0.933. The Bertz CT molecular complexity index is 616. The number of rotatable bonds is 2. The highest BCUT2D eigenvalue weighted by Crippen LogP contribution is 2.27. The second-order valence-corrected chi connectivity index (χ2v) is 5.74. The third-order valence-corrected chi connectivity index (χ3v) is 4.39. The van der Waals surface area contributed by atoms with Crippen molar-refractivity contribution >= 4 is 17.6 Å². The molecular weight excluding hydrogens is 288 g/mol. The van der Waals surface area contributed by atoms with E-state index >= 15 is 0 Å². The number of nitrogens with zero attached hydrogens (tertiary/aromatic N) is 3. The van der Waals surface area contributed by atoms with E-state index in [1.165, 1.54) is 16.5 Å². The second-order valence-electron chi connectivity index (χ2n) is 4.96. The molecule has 1 unspecified atom stereocenters. The summed E-state index contributed by atoms with van der Waals surface area (Å²) in [6, 6.07) is 9.88. The van der Waals surface area contributed by atoms with Gasteiger partial charge >= 0.3 is 6.09 Å². The SMILES string of the molecule is O=C(O)N1CCCC(c2nc(-c3ccccc3)ns2)CN1. The predicted octanol–water partition coefficient (Wildman–Crippen LogP) is 2.57. The van der Waals surface area contributed by atoms with Crippen molar-refractivity contribution in [2.24, 2.45) is 0 Å². The van der Waals surface area contributed by atoms with E-state index in [-0.39, 0.29) is 5.92 Å². The average molecular weight is 304 g/mol. The van der Waals surface area contributed by atoms with Gasteiger partial charge in [0, 0.05) is 24.6 Å². The Morgan fingerprint density at radius 2 is 2.19 bits per heavy atom. The molecule has 0 spiro atoms. The molecule has 0 aliphatic carbocycles. The van der Waals surface area contributed by atoms with Crippen molar-refractivity contribution in [1.29, 1.82) is 0 Å². The first-order chi connectivity index (χ1) is 10.2. The van der Waals surface area contributed by atoms with Gasteiger partial charge in [-0.05, 0) is 24.4 Å². The molecular formula is C14H16N4O2S. The minimum Gasteiger partial charge on any atom is -0.464 e. The summed E-state index contributed by atoms with van der Waals surface area (Å²) in [5.41, 5.74) is 3.96. The van der Waals surface area contributed by atoms with Gasteiger partial charge in [-0.3, -0.25) is 0 Å². The number of amides is 1. The zero-order valence-electron chi connectivity index (χ0n) is 11.4. The summed E-state index contributed by atoms with van der Waals surface area (Å²) in [6.07, 6.45) is 0.808. The van der Waals surface area contributed by atoms with Gasteiger partial charge in [-0.15, -0.1) is 0 Å². The Kier molecular flexibility index (Phi) is 4.12. The molecule has 1 aliphatic heterocycles. The Morgan fingerprint density at radius 3 is 2.95 bits per heavy atom. The average Bonchev–Trinajstić information content (AvgIpc) is 2.86. The van der Waals surface area contributed by atoms with Crippen LogP contribution in [0.4, 0.5) is 4.79 Å². The van der Waals surface area contributed by atoms with Crippen molar-refractivity contribution in [3.8, 4) is 11.4 Å². The summed E-state index contributed by atoms with van der Waals surface area (Å²) in [6.45, 7) is 1.09. The normalized spacial score (nSPS) is 19.2. The minimum absolute atomic E-state index is 0.212. The lowest BCUT2D eigenvalue weighted by atomic mass is 10.1. The molecule has 110 valence electrons. The van der Waals surface area contributed by atoms with E-state index < -0.39 is 6.09 Å². The standard InChI is InChI=1S/C14H16N4O2S/c19-14(20)18-8-4-7-11(9-15-18)13-16-12(17-21-13)10-5-2-1-3-6-10/h1-3,5-6,11,15H,4,7-9H2,(H,19,20). The molecule has 0 saturated carbocycles. The number of carbonyl (C=O) groups is 1. The lowest BCUT2D eigenvalue weighted by Crippen LogP contribution is -2.42. The number of benzene rings is 1. The van der Waals surface area contributed by atoms with Crippen molar-refractivity contribution in [1.82, 2.24) is 19.8 Å². The van der Waals surface area contributed by atoms with Gasteiger partial charge in [-0.1, -0.05) is 30.3 Å². The van der Waals surface area contributed by atoms with E-state index in [2.05, 4.69) is 14.8 Å². The van der Waals surface area contributed by atoms with Gasteiger partial charge in [0.2, 0.25) is 0 Å². The maximum atomic E-state index is 11.0. The van der Waals surface area contributed by atoms with Crippen molar-refractivity contribution in [2.75, 3.05) is 13.1 Å². The van der Waals surface area contributed by atoms with Crippen LogP contribution in [0.5, 0.6) is 0 Å². The fourth-order valence-corrected chi connectivity index (χ4v) is 3.18. The fourth-order valence-electron chi connectivity index (χ4n) is 2.38. The van der Waals surface area contributed by atoms with Crippen LogP contribution in [0.25, 0.3) is 11.4 Å². The Balaban J connectivity index is 1.73. The Morgan fingerprint density at radius 1 is 1.38 bits per heavy atom. The third-order valence-electron chi connectivity index (χ3n) is 3.52. The molecule has 7 heteroatoms. The smallest absolute Gasteiger partial charge is 0.421 e. The molecule has 2 heterocycles. The van der Waals surface area contributed by atoms with E-state index in [1.54, 1.807) is 0 Å². The van der Waals surface area contributed by atoms with Crippen LogP contribution >= 0.6 is 11.5 Å². The summed E-state index contributed by atoms with van der Waals surface area (Å²) >= 11 is 1.40. The highest BCUT2D eigenvalue weighted by Gasteiger charge is 2.23. The van der Waals surface area contributed by atoms with Crippen molar-refractivity contribution in [3.63, 3.8) is 0 Å². The summed E-state index contributed by atoms with van der Waals surface area (Å²) in [5.74, 6) is 0.958. The van der Waals surface area contributed by atoms with Crippen molar-refractivity contribution in [3.05, 3.63) is 35.3 Å². The first kappa shape index (κ1) is 14.0. The maximum absolute atomic E-state index is 11.0. The number of hydrogen-bond donors (Lipinski definition) is 2. The largest absolute Gasteiger partial charge is 0.464 e. The van der Waals surface area contributed by atoms with Gasteiger partial charge in [0.25, 0.3) is 0 Å². The lowest BCUT2D eigenvalue weighted by Gasteiger charge is -2.17. The molecule has 2 N–H and O–H groups in total. The van der Waals surface area contributed by atoms with Crippen LogP contribution in [0.2, 0.25) is 0 Å². The molecule has 2 aromatic rings. The van der Waals surface area contributed by atoms with Crippen LogP contribution in [0, 0.1) is 0 Å². The first-order valence-electron chi connectivity index (χ1n) is 6.87. The van der Waals surface area contributed by atoms with Crippen LogP contribution < -0.4 is 5.43 Å². The van der Waals surface area contributed by atoms with Crippen LogP contribution in [0.3, 0.4) is 0 Å².